The highest BCUT2D eigenvalue weighted by molar-refractivity contribution is 5.71. The van der Waals surface area contributed by atoms with E-state index in [1.165, 1.54) is 0 Å². The van der Waals surface area contributed by atoms with Gasteiger partial charge in [-0.1, -0.05) is 12.1 Å². The molecule has 2 N–H and O–H groups in total. The molecule has 2 rings (SSSR count). The fourth-order valence-corrected chi connectivity index (χ4v) is 1.74. The van der Waals surface area contributed by atoms with Gasteiger partial charge in [0.25, 0.3) is 0 Å². The summed E-state index contributed by atoms with van der Waals surface area (Å²) < 4.78 is 7.35. The van der Waals surface area contributed by atoms with Gasteiger partial charge in [-0.25, -0.2) is 4.98 Å². The predicted octanol–water partition coefficient (Wildman–Crippen LogP) is 2.38. The molecule has 0 spiro atoms. The lowest BCUT2D eigenvalue weighted by molar-refractivity contribution is 0.340. The number of hydrogen-bond acceptors (Lipinski definition) is 3. The molecule has 0 saturated heterocycles. The quantitative estimate of drug-likeness (QED) is 0.882. The normalized spacial score (nSPS) is 10.5. The van der Waals surface area contributed by atoms with Gasteiger partial charge in [0.05, 0.1) is 6.61 Å². The maximum Gasteiger partial charge on any atom is 0.131 e. The number of nitrogens with two attached hydrogens (primary N) is 1. The monoisotopic (exact) mass is 231 g/mol. The van der Waals surface area contributed by atoms with Gasteiger partial charge < -0.3 is 15.0 Å². The lowest BCUT2D eigenvalue weighted by Crippen LogP contribution is -1.98. The third-order valence-electron chi connectivity index (χ3n) is 2.78. The van der Waals surface area contributed by atoms with Crippen LogP contribution in [0.25, 0.3) is 11.3 Å². The maximum absolute atomic E-state index is 6.02. The van der Waals surface area contributed by atoms with E-state index in [2.05, 4.69) is 4.98 Å². The van der Waals surface area contributed by atoms with Crippen molar-refractivity contribution in [3.8, 4) is 17.0 Å². The first-order chi connectivity index (χ1) is 8.13. The summed E-state index contributed by atoms with van der Waals surface area (Å²) in [4.78, 5) is 4.46. The Morgan fingerprint density at radius 2 is 2.18 bits per heavy atom. The lowest BCUT2D eigenvalue weighted by atomic mass is 10.1. The molecule has 90 valence electrons. The number of aromatic nitrogens is 2. The van der Waals surface area contributed by atoms with Gasteiger partial charge in [0.2, 0.25) is 0 Å². The van der Waals surface area contributed by atoms with Crippen molar-refractivity contribution in [2.45, 2.75) is 13.8 Å². The average molecular weight is 231 g/mol. The summed E-state index contributed by atoms with van der Waals surface area (Å²) in [5.41, 5.74) is 7.81. The molecule has 0 amide bonds. The van der Waals surface area contributed by atoms with Gasteiger partial charge in [-0.3, -0.25) is 0 Å². The lowest BCUT2D eigenvalue weighted by Gasteiger charge is -2.05. The molecule has 4 nitrogen and oxygen atoms in total. The molecule has 0 saturated carbocycles. The van der Waals surface area contributed by atoms with E-state index in [1.54, 1.807) is 0 Å². The van der Waals surface area contributed by atoms with Crippen LogP contribution in [0.2, 0.25) is 0 Å². The van der Waals surface area contributed by atoms with Crippen LogP contribution in [0.15, 0.2) is 24.3 Å². The molecule has 0 aliphatic carbocycles. The number of hydrogen-bond donors (Lipinski definition) is 1. The van der Waals surface area contributed by atoms with Crippen LogP contribution in [0.5, 0.6) is 5.75 Å². The van der Waals surface area contributed by atoms with Crippen molar-refractivity contribution < 1.29 is 4.74 Å². The molecule has 0 radical (unpaired) electrons. The number of nitrogens with zero attached hydrogens (tertiary/aromatic N) is 2. The Bertz CT molecular complexity index is 531. The molecule has 0 aliphatic rings. The van der Waals surface area contributed by atoms with E-state index < -0.39 is 0 Å². The van der Waals surface area contributed by atoms with Gasteiger partial charge in [-0.15, -0.1) is 0 Å². The molecule has 1 heterocycles. The zero-order valence-electron chi connectivity index (χ0n) is 10.4. The highest BCUT2D eigenvalue weighted by Crippen LogP contribution is 2.28. The summed E-state index contributed by atoms with van der Waals surface area (Å²) in [5, 5.41) is 0. The first kappa shape index (κ1) is 11.5. The molecule has 0 aliphatic heterocycles. The molecular weight excluding hydrogens is 214 g/mol. The Hall–Kier alpha value is -1.97. The minimum Gasteiger partial charge on any atom is -0.494 e. The fraction of sp³-hybridized carbons (Fsp3) is 0.308. The number of aryl methyl sites for hydroxylation is 1. The largest absolute Gasteiger partial charge is 0.494 e. The summed E-state index contributed by atoms with van der Waals surface area (Å²) in [6, 6.07) is 7.82. The Morgan fingerprint density at radius 3 is 2.76 bits per heavy atom. The molecule has 2 aromatic rings. The van der Waals surface area contributed by atoms with E-state index in [-0.39, 0.29) is 0 Å². The number of ether oxygens (including phenoxy) is 1. The van der Waals surface area contributed by atoms with Crippen LogP contribution in [0, 0.1) is 6.92 Å². The molecular formula is C13H17N3O. The molecule has 0 atom stereocenters. The van der Waals surface area contributed by atoms with Crippen molar-refractivity contribution in [2.24, 2.45) is 7.05 Å². The second kappa shape index (κ2) is 4.49. The standard InChI is InChI=1S/C13H17N3O/c1-4-17-11-7-5-6-10(8-11)12-13(14)16(3)9(2)15-12/h5-8H,4,14H2,1-3H3. The topological polar surface area (TPSA) is 53.1 Å². The smallest absolute Gasteiger partial charge is 0.131 e. The van der Waals surface area contributed by atoms with E-state index in [0.717, 1.165) is 22.8 Å². The Morgan fingerprint density at radius 1 is 1.41 bits per heavy atom. The molecule has 0 fully saturated rings. The van der Waals surface area contributed by atoms with Crippen molar-refractivity contribution in [3.05, 3.63) is 30.1 Å². The molecule has 4 heteroatoms. The molecule has 17 heavy (non-hydrogen) atoms. The van der Waals surface area contributed by atoms with E-state index in [1.807, 2.05) is 49.7 Å². The van der Waals surface area contributed by atoms with Gasteiger partial charge in [-0.2, -0.15) is 0 Å². The van der Waals surface area contributed by atoms with Crippen LogP contribution < -0.4 is 10.5 Å². The summed E-state index contributed by atoms with van der Waals surface area (Å²) in [5.74, 6) is 2.42. The van der Waals surface area contributed by atoms with E-state index in [4.69, 9.17) is 10.5 Å². The zero-order valence-corrected chi connectivity index (χ0v) is 10.4. The summed E-state index contributed by atoms with van der Waals surface area (Å²) in [7, 11) is 1.91. The molecule has 1 aromatic carbocycles. The van der Waals surface area contributed by atoms with Crippen molar-refractivity contribution in [1.82, 2.24) is 9.55 Å². The summed E-state index contributed by atoms with van der Waals surface area (Å²) in [6.07, 6.45) is 0. The summed E-state index contributed by atoms with van der Waals surface area (Å²) >= 11 is 0. The fourth-order valence-electron chi connectivity index (χ4n) is 1.74. The first-order valence-electron chi connectivity index (χ1n) is 5.65. The van der Waals surface area contributed by atoms with Crippen molar-refractivity contribution >= 4 is 5.82 Å². The number of anilines is 1. The van der Waals surface area contributed by atoms with Crippen LogP contribution in [-0.2, 0) is 7.05 Å². The third-order valence-corrected chi connectivity index (χ3v) is 2.78. The minimum absolute atomic E-state index is 0.653. The van der Waals surface area contributed by atoms with Crippen LogP contribution >= 0.6 is 0 Å². The van der Waals surface area contributed by atoms with Gasteiger partial charge in [0, 0.05) is 12.6 Å². The minimum atomic E-state index is 0.653. The Kier molecular flexibility index (Phi) is 3.04. The Labute approximate surface area is 101 Å². The van der Waals surface area contributed by atoms with E-state index >= 15 is 0 Å². The van der Waals surface area contributed by atoms with Crippen LogP contribution in [-0.4, -0.2) is 16.2 Å². The molecule has 1 aromatic heterocycles. The van der Waals surface area contributed by atoms with Crippen molar-refractivity contribution in [3.63, 3.8) is 0 Å². The Balaban J connectivity index is 2.45. The second-order valence-corrected chi connectivity index (χ2v) is 3.91. The number of nitrogen functional groups attached to an aromatic ring is 1. The second-order valence-electron chi connectivity index (χ2n) is 3.91. The van der Waals surface area contributed by atoms with Crippen molar-refractivity contribution in [2.75, 3.05) is 12.3 Å². The zero-order chi connectivity index (χ0) is 12.4. The van der Waals surface area contributed by atoms with Crippen molar-refractivity contribution in [1.29, 1.82) is 0 Å². The average Bonchev–Trinajstić information content (AvgIpc) is 2.58. The number of benzene rings is 1. The third kappa shape index (κ3) is 2.11. The maximum atomic E-state index is 6.02. The van der Waals surface area contributed by atoms with Gasteiger partial charge in [0.15, 0.2) is 0 Å². The molecule has 0 bridgehead atoms. The van der Waals surface area contributed by atoms with Gasteiger partial charge >= 0.3 is 0 Å². The number of imidazole rings is 1. The summed E-state index contributed by atoms with van der Waals surface area (Å²) in [6.45, 7) is 4.55. The first-order valence-corrected chi connectivity index (χ1v) is 5.65. The highest BCUT2D eigenvalue weighted by atomic mass is 16.5. The van der Waals surface area contributed by atoms with E-state index in [0.29, 0.717) is 12.4 Å². The van der Waals surface area contributed by atoms with Gasteiger partial charge in [-0.05, 0) is 26.0 Å². The van der Waals surface area contributed by atoms with E-state index in [9.17, 15) is 0 Å². The number of rotatable bonds is 3. The highest BCUT2D eigenvalue weighted by Gasteiger charge is 2.11. The van der Waals surface area contributed by atoms with Crippen LogP contribution in [0.3, 0.4) is 0 Å². The predicted molar refractivity (Wildman–Crippen MR) is 69.0 cm³/mol. The van der Waals surface area contributed by atoms with Gasteiger partial charge in [0.1, 0.15) is 23.1 Å². The van der Waals surface area contributed by atoms with Crippen LogP contribution in [0.4, 0.5) is 5.82 Å². The molecule has 0 unspecified atom stereocenters. The van der Waals surface area contributed by atoms with Crippen LogP contribution in [0.1, 0.15) is 12.7 Å². The SMILES string of the molecule is CCOc1cccc(-c2nc(C)n(C)c2N)c1.